The van der Waals surface area contributed by atoms with Gasteiger partial charge in [-0.2, -0.15) is 0 Å². The summed E-state index contributed by atoms with van der Waals surface area (Å²) in [5.74, 6) is 0.485. The number of amides is 2. The molecule has 7 nitrogen and oxygen atoms in total. The van der Waals surface area contributed by atoms with Crippen LogP contribution in [0.15, 0.2) is 39.3 Å². The molecule has 30 heavy (non-hydrogen) atoms. The van der Waals surface area contributed by atoms with Gasteiger partial charge < -0.3 is 19.6 Å². The summed E-state index contributed by atoms with van der Waals surface area (Å²) in [6.07, 6.45) is 1.77. The Morgan fingerprint density at radius 3 is 2.57 bits per heavy atom. The molecule has 2 aromatic rings. The number of benzene rings is 1. The Labute approximate surface area is 186 Å². The molecule has 0 radical (unpaired) electrons. The van der Waals surface area contributed by atoms with E-state index in [1.54, 1.807) is 30.0 Å². The molecule has 0 spiro atoms. The third-order valence-corrected chi connectivity index (χ3v) is 5.56. The van der Waals surface area contributed by atoms with E-state index in [1.807, 2.05) is 19.1 Å². The third-order valence-electron chi connectivity index (χ3n) is 5.06. The summed E-state index contributed by atoms with van der Waals surface area (Å²) >= 11 is 3.41. The standard InChI is InChI=1S/C22H31BrN4O3/c1-5-26(6-2)12-8-9-16(3)27(22(29)18-10-7-11-19(23)14-18)15-21(28)24-20-13-17(4)30-25-20/h7,10-11,13-14,16H,5-6,8-9,12,15H2,1-4H3,(H,24,25,28). The molecular formula is C22H31BrN4O3. The molecule has 1 heterocycles. The number of carbonyl (C=O) groups is 2. The van der Waals surface area contributed by atoms with Gasteiger partial charge in [0, 0.05) is 22.1 Å². The van der Waals surface area contributed by atoms with Crippen LogP contribution in [0.3, 0.4) is 0 Å². The molecule has 0 bridgehead atoms. The summed E-state index contributed by atoms with van der Waals surface area (Å²) in [6.45, 7) is 11.0. The van der Waals surface area contributed by atoms with Gasteiger partial charge >= 0.3 is 0 Å². The van der Waals surface area contributed by atoms with Crippen LogP contribution in [0.25, 0.3) is 0 Å². The lowest BCUT2D eigenvalue weighted by Crippen LogP contribution is -2.44. The van der Waals surface area contributed by atoms with Crippen LogP contribution in [0, 0.1) is 6.92 Å². The molecule has 1 atom stereocenters. The Morgan fingerprint density at radius 2 is 1.97 bits per heavy atom. The number of hydrogen-bond donors (Lipinski definition) is 1. The van der Waals surface area contributed by atoms with Crippen molar-refractivity contribution >= 4 is 33.6 Å². The molecule has 8 heteroatoms. The van der Waals surface area contributed by atoms with E-state index in [0.717, 1.165) is 36.9 Å². The van der Waals surface area contributed by atoms with Gasteiger partial charge in [0.15, 0.2) is 5.82 Å². The van der Waals surface area contributed by atoms with Crippen molar-refractivity contribution < 1.29 is 14.1 Å². The predicted molar refractivity (Wildman–Crippen MR) is 122 cm³/mol. The molecule has 1 aromatic heterocycles. The molecule has 0 saturated carbocycles. The minimum Gasteiger partial charge on any atom is -0.360 e. The number of anilines is 1. The lowest BCUT2D eigenvalue weighted by Gasteiger charge is -2.29. The van der Waals surface area contributed by atoms with Crippen molar-refractivity contribution in [2.24, 2.45) is 0 Å². The summed E-state index contributed by atoms with van der Waals surface area (Å²) in [5, 5.41) is 6.49. The van der Waals surface area contributed by atoms with Gasteiger partial charge in [-0.1, -0.05) is 41.0 Å². The topological polar surface area (TPSA) is 78.7 Å². The Morgan fingerprint density at radius 1 is 1.23 bits per heavy atom. The highest BCUT2D eigenvalue weighted by molar-refractivity contribution is 9.10. The first-order valence-electron chi connectivity index (χ1n) is 10.4. The largest absolute Gasteiger partial charge is 0.360 e. The van der Waals surface area contributed by atoms with E-state index in [4.69, 9.17) is 4.52 Å². The molecule has 164 valence electrons. The highest BCUT2D eigenvalue weighted by Crippen LogP contribution is 2.17. The number of nitrogens with one attached hydrogen (secondary N) is 1. The zero-order chi connectivity index (χ0) is 22.1. The van der Waals surface area contributed by atoms with E-state index >= 15 is 0 Å². The van der Waals surface area contributed by atoms with E-state index in [9.17, 15) is 9.59 Å². The number of aromatic nitrogens is 1. The molecule has 1 aromatic carbocycles. The van der Waals surface area contributed by atoms with Crippen molar-refractivity contribution in [2.45, 2.75) is 46.6 Å². The van der Waals surface area contributed by atoms with Crippen molar-refractivity contribution in [3.63, 3.8) is 0 Å². The first-order valence-corrected chi connectivity index (χ1v) is 11.1. The fourth-order valence-corrected chi connectivity index (χ4v) is 3.68. The van der Waals surface area contributed by atoms with Crippen LogP contribution < -0.4 is 5.32 Å². The van der Waals surface area contributed by atoms with Crippen LogP contribution in [0.4, 0.5) is 5.82 Å². The van der Waals surface area contributed by atoms with E-state index in [-0.39, 0.29) is 24.4 Å². The SMILES string of the molecule is CCN(CC)CCCC(C)N(CC(=O)Nc1cc(C)on1)C(=O)c1cccc(Br)c1. The summed E-state index contributed by atoms with van der Waals surface area (Å²) in [4.78, 5) is 29.8. The van der Waals surface area contributed by atoms with Crippen molar-refractivity contribution in [1.29, 1.82) is 0 Å². The minimum absolute atomic E-state index is 0.0519. The second-order valence-corrected chi connectivity index (χ2v) is 8.25. The summed E-state index contributed by atoms with van der Waals surface area (Å²) in [6, 6.07) is 8.79. The fraction of sp³-hybridized carbons (Fsp3) is 0.500. The Bertz CT molecular complexity index is 835. The van der Waals surface area contributed by atoms with Gasteiger partial charge in [0.2, 0.25) is 5.91 Å². The average Bonchev–Trinajstić information content (AvgIpc) is 3.13. The van der Waals surface area contributed by atoms with Crippen molar-refractivity contribution in [3.05, 3.63) is 46.1 Å². The van der Waals surface area contributed by atoms with E-state index in [1.165, 1.54) is 0 Å². The molecule has 0 fully saturated rings. The van der Waals surface area contributed by atoms with Crippen LogP contribution >= 0.6 is 15.9 Å². The molecule has 0 aliphatic carbocycles. The highest BCUT2D eigenvalue weighted by Gasteiger charge is 2.24. The van der Waals surface area contributed by atoms with Crippen LogP contribution in [-0.2, 0) is 4.79 Å². The number of carbonyl (C=O) groups excluding carboxylic acids is 2. The smallest absolute Gasteiger partial charge is 0.254 e. The first kappa shape index (κ1) is 24.1. The maximum Gasteiger partial charge on any atom is 0.254 e. The van der Waals surface area contributed by atoms with Crippen molar-refractivity contribution in [1.82, 2.24) is 15.0 Å². The molecular weight excluding hydrogens is 448 g/mol. The van der Waals surface area contributed by atoms with Crippen molar-refractivity contribution in [2.75, 3.05) is 31.5 Å². The van der Waals surface area contributed by atoms with Gasteiger partial charge in [-0.3, -0.25) is 9.59 Å². The van der Waals surface area contributed by atoms with E-state index < -0.39 is 0 Å². The molecule has 1 unspecified atom stereocenters. The number of halogens is 1. The number of nitrogens with zero attached hydrogens (tertiary/aromatic N) is 3. The molecule has 2 amide bonds. The molecule has 0 aliphatic heterocycles. The fourth-order valence-electron chi connectivity index (χ4n) is 3.28. The summed E-state index contributed by atoms with van der Waals surface area (Å²) < 4.78 is 5.81. The maximum absolute atomic E-state index is 13.2. The second-order valence-electron chi connectivity index (χ2n) is 7.33. The monoisotopic (exact) mass is 478 g/mol. The molecule has 0 saturated heterocycles. The average molecular weight is 479 g/mol. The van der Waals surface area contributed by atoms with Gasteiger partial charge in [0.05, 0.1) is 0 Å². The summed E-state index contributed by atoms with van der Waals surface area (Å²) in [5.41, 5.74) is 0.546. The van der Waals surface area contributed by atoms with Gasteiger partial charge in [-0.25, -0.2) is 0 Å². The van der Waals surface area contributed by atoms with Crippen LogP contribution in [0.5, 0.6) is 0 Å². The molecule has 2 rings (SSSR count). The highest BCUT2D eigenvalue weighted by atomic mass is 79.9. The lowest BCUT2D eigenvalue weighted by molar-refractivity contribution is -0.117. The molecule has 0 aliphatic rings. The Balaban J connectivity index is 2.10. The van der Waals surface area contributed by atoms with Crippen molar-refractivity contribution in [3.8, 4) is 0 Å². The lowest BCUT2D eigenvalue weighted by atomic mass is 10.1. The Kier molecular flexibility index (Phi) is 9.52. The van der Waals surface area contributed by atoms with Gasteiger partial charge in [-0.15, -0.1) is 0 Å². The maximum atomic E-state index is 13.2. The zero-order valence-electron chi connectivity index (χ0n) is 18.2. The van der Waals surface area contributed by atoms with E-state index in [0.29, 0.717) is 17.1 Å². The first-order chi connectivity index (χ1) is 14.3. The second kappa shape index (κ2) is 11.9. The minimum atomic E-state index is -0.303. The number of aryl methyl sites for hydroxylation is 1. The van der Waals surface area contributed by atoms with Crippen LogP contribution in [0.2, 0.25) is 0 Å². The number of hydrogen-bond acceptors (Lipinski definition) is 5. The predicted octanol–water partition coefficient (Wildman–Crippen LogP) is 4.34. The van der Waals surface area contributed by atoms with Crippen LogP contribution in [-0.4, -0.2) is 59.0 Å². The summed E-state index contributed by atoms with van der Waals surface area (Å²) in [7, 11) is 0. The third kappa shape index (κ3) is 7.25. The normalized spacial score (nSPS) is 12.1. The van der Waals surface area contributed by atoms with E-state index in [2.05, 4.69) is 45.2 Å². The molecule has 1 N–H and O–H groups in total. The van der Waals surface area contributed by atoms with Gasteiger partial charge in [-0.05, 0) is 64.5 Å². The van der Waals surface area contributed by atoms with Crippen LogP contribution in [0.1, 0.15) is 49.7 Å². The Hall–Kier alpha value is -2.19. The zero-order valence-corrected chi connectivity index (χ0v) is 19.7. The van der Waals surface area contributed by atoms with Gasteiger partial charge in [0.25, 0.3) is 5.91 Å². The van der Waals surface area contributed by atoms with Gasteiger partial charge in [0.1, 0.15) is 12.3 Å². The quantitative estimate of drug-likeness (QED) is 0.519. The number of rotatable bonds is 11.